The van der Waals surface area contributed by atoms with Gasteiger partial charge in [0.25, 0.3) is 5.56 Å². The number of hydrogen-bond donors (Lipinski definition) is 3. The number of pyridine rings is 1. The van der Waals surface area contributed by atoms with Crippen LogP contribution in [0.5, 0.6) is 5.75 Å². The Balaban J connectivity index is 1.55. The zero-order valence-electron chi connectivity index (χ0n) is 19.2. The van der Waals surface area contributed by atoms with Crippen LogP contribution < -0.4 is 20.9 Å². The van der Waals surface area contributed by atoms with Crippen LogP contribution in [0.1, 0.15) is 35.6 Å². The van der Waals surface area contributed by atoms with Crippen LogP contribution in [0.4, 0.5) is 15.8 Å². The van der Waals surface area contributed by atoms with Gasteiger partial charge in [-0.05, 0) is 67.7 Å². The summed E-state index contributed by atoms with van der Waals surface area (Å²) in [6, 6.07) is 12.4. The standard InChI is InChI=1S/C26H25ClFN5O2/c1-35-24-11-16(15-7-9-29-10-8-15)5-6-21(24)32-22-13-17(12-18-19(27)3-2-4-20(18)28)31-23-14-30-33-26(34)25(22)23/h2-6,11,13-15,29H,7-10,12H2,1H3,(H,31,32)(H,33,34). The van der Waals surface area contributed by atoms with E-state index in [0.717, 1.165) is 25.9 Å². The van der Waals surface area contributed by atoms with E-state index >= 15 is 0 Å². The van der Waals surface area contributed by atoms with Gasteiger partial charge in [0.15, 0.2) is 0 Å². The lowest BCUT2D eigenvalue weighted by Gasteiger charge is -2.24. The molecule has 1 aliphatic heterocycles. The van der Waals surface area contributed by atoms with Gasteiger partial charge < -0.3 is 15.4 Å². The number of piperidine rings is 1. The lowest BCUT2D eigenvalue weighted by atomic mass is 9.90. The van der Waals surface area contributed by atoms with Crippen LogP contribution in [0.15, 0.2) is 53.5 Å². The van der Waals surface area contributed by atoms with Crippen LogP contribution in [0, 0.1) is 5.82 Å². The van der Waals surface area contributed by atoms with Crippen molar-refractivity contribution in [3.63, 3.8) is 0 Å². The second-order valence-corrected chi connectivity index (χ2v) is 9.01. The molecule has 0 bridgehead atoms. The number of halogens is 2. The molecule has 0 amide bonds. The summed E-state index contributed by atoms with van der Waals surface area (Å²) in [7, 11) is 1.62. The van der Waals surface area contributed by atoms with Crippen LogP contribution in [0.2, 0.25) is 5.02 Å². The maximum Gasteiger partial charge on any atom is 0.275 e. The Morgan fingerprint density at radius 2 is 2.00 bits per heavy atom. The number of ether oxygens (including phenoxy) is 1. The summed E-state index contributed by atoms with van der Waals surface area (Å²) in [5, 5.41) is 13.8. The molecule has 9 heteroatoms. The lowest BCUT2D eigenvalue weighted by Crippen LogP contribution is -2.26. The zero-order valence-corrected chi connectivity index (χ0v) is 20.0. The molecule has 4 aromatic rings. The van der Waals surface area contributed by atoms with Crippen LogP contribution in [0.3, 0.4) is 0 Å². The van der Waals surface area contributed by atoms with Crippen molar-refractivity contribution in [2.45, 2.75) is 25.2 Å². The third kappa shape index (κ3) is 4.85. The number of hydrogen-bond acceptors (Lipinski definition) is 6. The number of rotatable bonds is 6. The molecule has 180 valence electrons. The fraction of sp³-hybridized carbons (Fsp3) is 0.269. The van der Waals surface area contributed by atoms with Crippen LogP contribution in [0.25, 0.3) is 10.9 Å². The van der Waals surface area contributed by atoms with Crippen molar-refractivity contribution in [2.24, 2.45) is 0 Å². The molecule has 3 heterocycles. The lowest BCUT2D eigenvalue weighted by molar-refractivity contribution is 0.413. The summed E-state index contributed by atoms with van der Waals surface area (Å²) in [6.07, 6.45) is 3.80. The number of aromatic nitrogens is 3. The van der Waals surface area contributed by atoms with Gasteiger partial charge in [0, 0.05) is 22.7 Å². The van der Waals surface area contributed by atoms with Gasteiger partial charge >= 0.3 is 0 Å². The number of nitrogens with one attached hydrogen (secondary N) is 3. The first-order chi connectivity index (χ1) is 17.0. The summed E-state index contributed by atoms with van der Waals surface area (Å²) in [5.74, 6) is 0.746. The second-order valence-electron chi connectivity index (χ2n) is 8.61. The molecule has 0 spiro atoms. The molecule has 0 saturated carbocycles. The van der Waals surface area contributed by atoms with Gasteiger partial charge in [-0.3, -0.25) is 9.78 Å². The molecule has 0 unspecified atom stereocenters. The average Bonchev–Trinajstić information content (AvgIpc) is 2.87. The minimum absolute atomic E-state index is 0.161. The molecule has 35 heavy (non-hydrogen) atoms. The van der Waals surface area contributed by atoms with Gasteiger partial charge in [-0.1, -0.05) is 23.7 Å². The van der Waals surface area contributed by atoms with E-state index in [1.54, 1.807) is 25.3 Å². The topological polar surface area (TPSA) is 91.9 Å². The molecule has 7 nitrogen and oxygen atoms in total. The van der Waals surface area contributed by atoms with Gasteiger partial charge in [-0.15, -0.1) is 0 Å². The van der Waals surface area contributed by atoms with Crippen LogP contribution in [-0.4, -0.2) is 35.4 Å². The van der Waals surface area contributed by atoms with Crippen molar-refractivity contribution in [1.82, 2.24) is 20.5 Å². The van der Waals surface area contributed by atoms with E-state index in [1.807, 2.05) is 12.1 Å². The highest BCUT2D eigenvalue weighted by molar-refractivity contribution is 6.31. The second kappa shape index (κ2) is 10.0. The van der Waals surface area contributed by atoms with E-state index in [0.29, 0.717) is 50.2 Å². The Labute approximate surface area is 206 Å². The molecule has 0 atom stereocenters. The van der Waals surface area contributed by atoms with E-state index in [-0.39, 0.29) is 12.0 Å². The number of H-pyrrole nitrogens is 1. The highest BCUT2D eigenvalue weighted by Crippen LogP contribution is 2.35. The molecular weight excluding hydrogens is 469 g/mol. The predicted octanol–water partition coefficient (Wildman–Crippen LogP) is 4.92. The fourth-order valence-corrected chi connectivity index (χ4v) is 4.83. The smallest absolute Gasteiger partial charge is 0.275 e. The average molecular weight is 494 g/mol. The summed E-state index contributed by atoms with van der Waals surface area (Å²) in [5.41, 5.74) is 3.37. The Kier molecular flexibility index (Phi) is 6.66. The van der Waals surface area contributed by atoms with Gasteiger partial charge in [-0.25, -0.2) is 9.49 Å². The van der Waals surface area contributed by atoms with Crippen LogP contribution in [-0.2, 0) is 6.42 Å². The zero-order chi connectivity index (χ0) is 24.4. The minimum Gasteiger partial charge on any atom is -0.495 e. The maximum atomic E-state index is 14.4. The highest BCUT2D eigenvalue weighted by atomic mass is 35.5. The SMILES string of the molecule is COc1cc(C2CCNCC2)ccc1Nc1cc(Cc2c(F)cccc2Cl)nc2cn[nH]c(=O)c12. The largest absolute Gasteiger partial charge is 0.495 e. The van der Waals surface area contributed by atoms with E-state index in [4.69, 9.17) is 16.3 Å². The van der Waals surface area contributed by atoms with Crippen molar-refractivity contribution in [3.8, 4) is 5.75 Å². The van der Waals surface area contributed by atoms with Gasteiger partial charge in [0.1, 0.15) is 11.6 Å². The number of fused-ring (bicyclic) bond motifs is 1. The molecule has 0 radical (unpaired) electrons. The first-order valence-corrected chi connectivity index (χ1v) is 11.9. The Morgan fingerprint density at radius 1 is 1.17 bits per heavy atom. The van der Waals surface area contributed by atoms with E-state index in [2.05, 4.69) is 31.9 Å². The highest BCUT2D eigenvalue weighted by Gasteiger charge is 2.18. The molecule has 1 saturated heterocycles. The van der Waals surface area contributed by atoms with Crippen molar-refractivity contribution < 1.29 is 9.13 Å². The maximum absolute atomic E-state index is 14.4. The number of benzene rings is 2. The van der Waals surface area contributed by atoms with Crippen molar-refractivity contribution in [1.29, 1.82) is 0 Å². The number of nitrogens with zero attached hydrogens (tertiary/aromatic N) is 2. The Morgan fingerprint density at radius 3 is 2.77 bits per heavy atom. The van der Waals surface area contributed by atoms with E-state index < -0.39 is 5.82 Å². The molecule has 5 rings (SSSR count). The van der Waals surface area contributed by atoms with Gasteiger partial charge in [0.05, 0.1) is 35.6 Å². The summed E-state index contributed by atoms with van der Waals surface area (Å²) in [6.45, 7) is 2.00. The molecule has 1 fully saturated rings. The third-order valence-corrected chi connectivity index (χ3v) is 6.76. The normalized spacial score (nSPS) is 14.3. The first-order valence-electron chi connectivity index (χ1n) is 11.5. The quantitative estimate of drug-likeness (QED) is 0.353. The molecule has 0 aliphatic carbocycles. The van der Waals surface area contributed by atoms with Crippen LogP contribution >= 0.6 is 11.6 Å². The predicted molar refractivity (Wildman–Crippen MR) is 135 cm³/mol. The minimum atomic E-state index is -0.409. The molecule has 1 aliphatic rings. The monoisotopic (exact) mass is 493 g/mol. The first kappa shape index (κ1) is 23.3. The van der Waals surface area contributed by atoms with Crippen molar-refractivity contribution in [2.75, 3.05) is 25.5 Å². The molecule has 3 N–H and O–H groups in total. The fourth-order valence-electron chi connectivity index (χ4n) is 4.60. The molecule has 2 aromatic carbocycles. The summed E-state index contributed by atoms with van der Waals surface area (Å²) in [4.78, 5) is 17.2. The van der Waals surface area contributed by atoms with Crippen molar-refractivity contribution in [3.05, 3.63) is 86.7 Å². The van der Waals surface area contributed by atoms with E-state index in [9.17, 15) is 9.18 Å². The van der Waals surface area contributed by atoms with Gasteiger partial charge in [-0.2, -0.15) is 5.10 Å². The Bertz CT molecular complexity index is 1420. The number of methoxy groups -OCH3 is 1. The third-order valence-electron chi connectivity index (χ3n) is 6.41. The van der Waals surface area contributed by atoms with Crippen molar-refractivity contribution >= 4 is 33.9 Å². The molecular formula is C26H25ClFN5O2. The molecule has 2 aromatic heterocycles. The van der Waals surface area contributed by atoms with Gasteiger partial charge in [0.2, 0.25) is 0 Å². The summed E-state index contributed by atoms with van der Waals surface area (Å²) < 4.78 is 20.1. The Hall–Kier alpha value is -3.49. The van der Waals surface area contributed by atoms with E-state index in [1.165, 1.54) is 17.8 Å². The summed E-state index contributed by atoms with van der Waals surface area (Å²) >= 11 is 6.24. The number of anilines is 2. The number of aromatic amines is 1.